The van der Waals surface area contributed by atoms with Crippen molar-refractivity contribution >= 4 is 5.91 Å². The van der Waals surface area contributed by atoms with Gasteiger partial charge in [-0.15, -0.1) is 0 Å². The maximum absolute atomic E-state index is 12.2. The van der Waals surface area contributed by atoms with E-state index in [0.717, 1.165) is 45.8 Å². The van der Waals surface area contributed by atoms with E-state index in [2.05, 4.69) is 17.0 Å². The number of benzene rings is 1. The predicted octanol–water partition coefficient (Wildman–Crippen LogP) is 1.37. The van der Waals surface area contributed by atoms with E-state index in [1.807, 2.05) is 23.1 Å². The zero-order valence-electron chi connectivity index (χ0n) is 11.8. The van der Waals surface area contributed by atoms with E-state index in [1.54, 1.807) is 0 Å². The van der Waals surface area contributed by atoms with E-state index < -0.39 is 0 Å². The minimum atomic E-state index is 0.249. The summed E-state index contributed by atoms with van der Waals surface area (Å²) in [5, 5.41) is 0. The van der Waals surface area contributed by atoms with Crippen LogP contribution >= 0.6 is 0 Å². The van der Waals surface area contributed by atoms with Gasteiger partial charge >= 0.3 is 0 Å². The van der Waals surface area contributed by atoms with Gasteiger partial charge < -0.3 is 9.64 Å². The summed E-state index contributed by atoms with van der Waals surface area (Å²) in [6.07, 6.45) is 1.14. The first-order chi connectivity index (χ1) is 9.81. The molecule has 1 unspecified atom stereocenters. The molecule has 1 atom stereocenters. The summed E-state index contributed by atoms with van der Waals surface area (Å²) in [5.74, 6) is 0.863. The van der Waals surface area contributed by atoms with E-state index >= 15 is 0 Å². The molecule has 1 aromatic carbocycles. The Kier molecular flexibility index (Phi) is 4.33. The van der Waals surface area contributed by atoms with Crippen LogP contribution in [0.5, 0.6) is 0 Å². The van der Waals surface area contributed by atoms with Gasteiger partial charge in [0.1, 0.15) is 0 Å². The van der Waals surface area contributed by atoms with Crippen molar-refractivity contribution < 1.29 is 9.53 Å². The number of carbonyl (C=O) groups excluding carboxylic acids is 1. The van der Waals surface area contributed by atoms with Crippen LogP contribution in [0.2, 0.25) is 0 Å². The van der Waals surface area contributed by atoms with Crippen molar-refractivity contribution in [2.24, 2.45) is 5.92 Å². The number of carbonyl (C=O) groups is 1. The molecule has 0 N–H and O–H groups in total. The summed E-state index contributed by atoms with van der Waals surface area (Å²) in [7, 11) is 0. The van der Waals surface area contributed by atoms with E-state index in [4.69, 9.17) is 4.74 Å². The molecule has 20 heavy (non-hydrogen) atoms. The quantitative estimate of drug-likeness (QED) is 0.831. The van der Waals surface area contributed by atoms with Gasteiger partial charge in [0.25, 0.3) is 0 Å². The van der Waals surface area contributed by atoms with Gasteiger partial charge in [0.05, 0.1) is 13.2 Å². The third-order valence-corrected chi connectivity index (χ3v) is 4.15. The molecule has 2 heterocycles. The highest BCUT2D eigenvalue weighted by Crippen LogP contribution is 2.16. The molecule has 0 spiro atoms. The molecule has 0 aliphatic carbocycles. The molecule has 2 aliphatic heterocycles. The van der Waals surface area contributed by atoms with Crippen molar-refractivity contribution in [3.05, 3.63) is 35.9 Å². The zero-order chi connectivity index (χ0) is 13.8. The van der Waals surface area contributed by atoms with Crippen LogP contribution in [0.4, 0.5) is 0 Å². The molecule has 2 fully saturated rings. The summed E-state index contributed by atoms with van der Waals surface area (Å²) >= 11 is 0. The molecule has 1 aromatic rings. The van der Waals surface area contributed by atoms with Crippen LogP contribution in [0.15, 0.2) is 30.3 Å². The van der Waals surface area contributed by atoms with Crippen LogP contribution in [0.1, 0.15) is 12.0 Å². The van der Waals surface area contributed by atoms with E-state index in [1.165, 1.54) is 5.56 Å². The van der Waals surface area contributed by atoms with Gasteiger partial charge in [0.2, 0.25) is 5.91 Å². The van der Waals surface area contributed by atoms with Crippen LogP contribution < -0.4 is 0 Å². The van der Waals surface area contributed by atoms with Gasteiger partial charge in [-0.2, -0.15) is 0 Å². The lowest BCUT2D eigenvalue weighted by atomic mass is 10.1. The standard InChI is InChI=1S/C16H22N2O2/c19-16-12-17(10-15-6-9-20-13-15)7-8-18(16)11-14-4-2-1-3-5-14/h1-5,15H,6-13H2. The number of nitrogens with zero attached hydrogens (tertiary/aromatic N) is 2. The van der Waals surface area contributed by atoms with Gasteiger partial charge in [0, 0.05) is 32.8 Å². The number of ether oxygens (including phenoxy) is 1. The van der Waals surface area contributed by atoms with Crippen LogP contribution in [0.25, 0.3) is 0 Å². The van der Waals surface area contributed by atoms with Crippen LogP contribution in [-0.4, -0.2) is 55.1 Å². The van der Waals surface area contributed by atoms with Gasteiger partial charge in [-0.25, -0.2) is 0 Å². The average Bonchev–Trinajstić information content (AvgIpc) is 2.96. The van der Waals surface area contributed by atoms with Crippen LogP contribution in [0.3, 0.4) is 0 Å². The highest BCUT2D eigenvalue weighted by Gasteiger charge is 2.26. The Bertz CT molecular complexity index is 443. The Morgan fingerprint density at radius 2 is 2.05 bits per heavy atom. The first-order valence-electron chi connectivity index (χ1n) is 7.43. The second kappa shape index (κ2) is 6.37. The lowest BCUT2D eigenvalue weighted by Gasteiger charge is -2.35. The normalized spacial score (nSPS) is 24.3. The Morgan fingerprint density at radius 1 is 1.20 bits per heavy atom. The van der Waals surface area contributed by atoms with Gasteiger partial charge in [0.15, 0.2) is 0 Å². The number of hydrogen-bond donors (Lipinski definition) is 0. The van der Waals surface area contributed by atoms with Crippen molar-refractivity contribution in [1.29, 1.82) is 0 Å². The molecule has 0 bridgehead atoms. The fourth-order valence-corrected chi connectivity index (χ4v) is 2.98. The largest absolute Gasteiger partial charge is 0.381 e. The van der Waals surface area contributed by atoms with Crippen molar-refractivity contribution in [2.75, 3.05) is 39.4 Å². The van der Waals surface area contributed by atoms with Gasteiger partial charge in [-0.1, -0.05) is 30.3 Å². The smallest absolute Gasteiger partial charge is 0.237 e. The molecule has 0 radical (unpaired) electrons. The summed E-state index contributed by atoms with van der Waals surface area (Å²) in [6.45, 7) is 5.86. The molecule has 2 saturated heterocycles. The lowest BCUT2D eigenvalue weighted by molar-refractivity contribution is -0.136. The van der Waals surface area contributed by atoms with E-state index in [9.17, 15) is 4.79 Å². The molecule has 0 saturated carbocycles. The Hall–Kier alpha value is -1.39. The van der Waals surface area contributed by atoms with Gasteiger partial charge in [-0.05, 0) is 17.9 Å². The van der Waals surface area contributed by atoms with Crippen LogP contribution in [0, 0.1) is 5.92 Å². The second-order valence-electron chi connectivity index (χ2n) is 5.77. The summed E-state index contributed by atoms with van der Waals surface area (Å²) in [5.41, 5.74) is 1.21. The number of piperazine rings is 1. The second-order valence-corrected chi connectivity index (χ2v) is 5.77. The Balaban J connectivity index is 1.50. The number of hydrogen-bond acceptors (Lipinski definition) is 3. The first kappa shape index (κ1) is 13.6. The minimum Gasteiger partial charge on any atom is -0.381 e. The summed E-state index contributed by atoms with van der Waals surface area (Å²) in [6, 6.07) is 10.2. The molecule has 0 aromatic heterocycles. The van der Waals surface area contributed by atoms with Gasteiger partial charge in [-0.3, -0.25) is 9.69 Å². The van der Waals surface area contributed by atoms with Crippen molar-refractivity contribution in [1.82, 2.24) is 9.80 Å². The summed E-state index contributed by atoms with van der Waals surface area (Å²) < 4.78 is 5.40. The van der Waals surface area contributed by atoms with Crippen molar-refractivity contribution in [2.45, 2.75) is 13.0 Å². The lowest BCUT2D eigenvalue weighted by Crippen LogP contribution is -2.51. The maximum atomic E-state index is 12.2. The molecular formula is C16H22N2O2. The fourth-order valence-electron chi connectivity index (χ4n) is 2.98. The highest BCUT2D eigenvalue weighted by molar-refractivity contribution is 5.79. The predicted molar refractivity (Wildman–Crippen MR) is 77.2 cm³/mol. The molecular weight excluding hydrogens is 252 g/mol. The van der Waals surface area contributed by atoms with E-state index in [-0.39, 0.29) is 5.91 Å². The molecule has 1 amide bonds. The number of amides is 1. The average molecular weight is 274 g/mol. The topological polar surface area (TPSA) is 32.8 Å². The van der Waals surface area contributed by atoms with E-state index in [0.29, 0.717) is 12.5 Å². The van der Waals surface area contributed by atoms with Crippen molar-refractivity contribution in [3.8, 4) is 0 Å². The fraction of sp³-hybridized carbons (Fsp3) is 0.562. The highest BCUT2D eigenvalue weighted by atomic mass is 16.5. The van der Waals surface area contributed by atoms with Crippen molar-refractivity contribution in [3.63, 3.8) is 0 Å². The molecule has 4 nitrogen and oxygen atoms in total. The summed E-state index contributed by atoms with van der Waals surface area (Å²) in [4.78, 5) is 16.5. The van der Waals surface area contributed by atoms with Crippen LogP contribution in [-0.2, 0) is 16.1 Å². The minimum absolute atomic E-state index is 0.249. The molecule has 2 aliphatic rings. The Labute approximate surface area is 120 Å². The Morgan fingerprint density at radius 3 is 2.75 bits per heavy atom. The maximum Gasteiger partial charge on any atom is 0.237 e. The molecule has 3 rings (SSSR count). The SMILES string of the molecule is O=C1CN(CC2CCOC2)CCN1Cc1ccccc1. The zero-order valence-corrected chi connectivity index (χ0v) is 11.8. The third-order valence-electron chi connectivity index (χ3n) is 4.15. The molecule has 108 valence electrons. The molecule has 4 heteroatoms. The third kappa shape index (κ3) is 3.38. The first-order valence-corrected chi connectivity index (χ1v) is 7.43. The monoisotopic (exact) mass is 274 g/mol. The number of rotatable bonds is 4.